The molecule has 1 N–H and O–H groups in total. The molecule has 0 amide bonds. The highest BCUT2D eigenvalue weighted by Gasteiger charge is 2.20. The highest BCUT2D eigenvalue weighted by atomic mass is 79.9. The first kappa shape index (κ1) is 13.7. The lowest BCUT2D eigenvalue weighted by atomic mass is 10.1. The molecule has 1 aliphatic rings. The van der Waals surface area contributed by atoms with Gasteiger partial charge >= 0.3 is 0 Å². The molecule has 0 atom stereocenters. The Morgan fingerprint density at radius 1 is 1.20 bits per heavy atom. The molecule has 1 fully saturated rings. The highest BCUT2D eigenvalue weighted by molar-refractivity contribution is 9.10. The number of hydrogen-bond donors (Lipinski definition) is 1. The smallest absolute Gasteiger partial charge is 0.160 e. The quantitative estimate of drug-likeness (QED) is 0.926. The van der Waals surface area contributed by atoms with Crippen molar-refractivity contribution in [1.82, 2.24) is 15.3 Å². The topological polar surface area (TPSA) is 37.8 Å². The second kappa shape index (κ2) is 5.62. The zero-order valence-electron chi connectivity index (χ0n) is 11.8. The lowest BCUT2D eigenvalue weighted by Crippen LogP contribution is -2.16. The van der Waals surface area contributed by atoms with Gasteiger partial charge in [0.2, 0.25) is 0 Å². The highest BCUT2D eigenvalue weighted by Crippen LogP contribution is 2.27. The number of nitrogens with zero attached hydrogens (tertiary/aromatic N) is 2. The predicted octanol–water partition coefficient (Wildman–Crippen LogP) is 3.77. The van der Waals surface area contributed by atoms with Crippen LogP contribution in [0.25, 0.3) is 11.4 Å². The Kier molecular flexibility index (Phi) is 3.85. The summed E-state index contributed by atoms with van der Waals surface area (Å²) in [6.45, 7) is 4.93. The number of aryl methyl sites for hydroxylation is 2. The van der Waals surface area contributed by atoms with Gasteiger partial charge in [-0.25, -0.2) is 9.97 Å². The first-order valence-corrected chi connectivity index (χ1v) is 7.75. The molecule has 0 spiro atoms. The summed E-state index contributed by atoms with van der Waals surface area (Å²) in [5.74, 6) is 0.796. The fourth-order valence-electron chi connectivity index (χ4n) is 2.18. The van der Waals surface area contributed by atoms with Gasteiger partial charge in [-0.15, -0.1) is 0 Å². The third-order valence-corrected chi connectivity index (χ3v) is 4.08. The number of nitrogens with one attached hydrogen (secondary N) is 1. The van der Waals surface area contributed by atoms with Crippen LogP contribution in [-0.2, 0) is 6.54 Å². The summed E-state index contributed by atoms with van der Waals surface area (Å²) in [4.78, 5) is 9.26. The number of halogens is 1. The first-order chi connectivity index (χ1) is 9.61. The van der Waals surface area contributed by atoms with Gasteiger partial charge in [0.25, 0.3) is 0 Å². The van der Waals surface area contributed by atoms with E-state index in [1.165, 1.54) is 18.4 Å². The third kappa shape index (κ3) is 3.25. The van der Waals surface area contributed by atoms with E-state index in [0.29, 0.717) is 6.04 Å². The fraction of sp³-hybridized carbons (Fsp3) is 0.375. The predicted molar refractivity (Wildman–Crippen MR) is 84.5 cm³/mol. The van der Waals surface area contributed by atoms with Crippen molar-refractivity contribution in [3.63, 3.8) is 0 Å². The van der Waals surface area contributed by atoms with Gasteiger partial charge in [0.05, 0.1) is 5.69 Å². The van der Waals surface area contributed by atoms with Crippen LogP contribution in [-0.4, -0.2) is 16.0 Å². The molecule has 104 valence electrons. The molecule has 1 aromatic carbocycles. The van der Waals surface area contributed by atoms with E-state index in [1.807, 2.05) is 6.92 Å². The minimum Gasteiger partial charge on any atom is -0.308 e. The van der Waals surface area contributed by atoms with Crippen molar-refractivity contribution < 1.29 is 0 Å². The van der Waals surface area contributed by atoms with E-state index in [9.17, 15) is 0 Å². The maximum absolute atomic E-state index is 4.69. The van der Waals surface area contributed by atoms with Crippen LogP contribution in [0.5, 0.6) is 0 Å². The normalized spacial score (nSPS) is 14.6. The molecule has 1 heterocycles. The largest absolute Gasteiger partial charge is 0.308 e. The molecule has 0 aliphatic heterocycles. The van der Waals surface area contributed by atoms with Crippen LogP contribution < -0.4 is 5.32 Å². The lowest BCUT2D eigenvalue weighted by molar-refractivity contribution is 0.672. The standard InChI is InChI=1S/C16H18BrN3/c1-10-3-6-14(15(17)7-10)16-19-11(2)8-13(20-16)9-18-12-4-5-12/h3,6-8,12,18H,4-5,9H2,1-2H3. The van der Waals surface area contributed by atoms with Crippen molar-refractivity contribution in [2.75, 3.05) is 0 Å². The summed E-state index contributed by atoms with van der Waals surface area (Å²) in [5.41, 5.74) is 4.35. The van der Waals surface area contributed by atoms with E-state index in [1.54, 1.807) is 0 Å². The minimum atomic E-state index is 0.694. The summed E-state index contributed by atoms with van der Waals surface area (Å²) in [6.07, 6.45) is 2.58. The van der Waals surface area contributed by atoms with Gasteiger partial charge in [0.1, 0.15) is 0 Å². The Labute approximate surface area is 128 Å². The fourth-order valence-corrected chi connectivity index (χ4v) is 2.85. The summed E-state index contributed by atoms with van der Waals surface area (Å²) in [7, 11) is 0. The Bertz CT molecular complexity index is 636. The number of aromatic nitrogens is 2. The summed E-state index contributed by atoms with van der Waals surface area (Å²) >= 11 is 3.61. The molecule has 1 saturated carbocycles. The molecule has 0 radical (unpaired) electrons. The summed E-state index contributed by atoms with van der Waals surface area (Å²) in [6, 6.07) is 9.02. The molecule has 0 saturated heterocycles. The average Bonchev–Trinajstić information content (AvgIpc) is 3.19. The summed E-state index contributed by atoms with van der Waals surface area (Å²) < 4.78 is 1.05. The molecule has 1 aromatic heterocycles. The molecule has 0 unspecified atom stereocenters. The van der Waals surface area contributed by atoms with E-state index in [0.717, 1.165) is 33.8 Å². The van der Waals surface area contributed by atoms with Gasteiger partial charge in [-0.2, -0.15) is 0 Å². The maximum Gasteiger partial charge on any atom is 0.160 e. The van der Waals surface area contributed by atoms with Gasteiger partial charge < -0.3 is 5.32 Å². The molecule has 0 bridgehead atoms. The average molecular weight is 332 g/mol. The van der Waals surface area contributed by atoms with Gasteiger partial charge in [-0.3, -0.25) is 0 Å². The lowest BCUT2D eigenvalue weighted by Gasteiger charge is -2.09. The molecule has 1 aliphatic carbocycles. The Balaban J connectivity index is 1.91. The van der Waals surface area contributed by atoms with Crippen molar-refractivity contribution in [3.8, 4) is 11.4 Å². The number of benzene rings is 1. The number of rotatable bonds is 4. The number of hydrogen-bond acceptors (Lipinski definition) is 3. The van der Waals surface area contributed by atoms with E-state index < -0.39 is 0 Å². The van der Waals surface area contributed by atoms with Crippen LogP contribution >= 0.6 is 15.9 Å². The second-order valence-electron chi connectivity index (χ2n) is 5.46. The zero-order valence-corrected chi connectivity index (χ0v) is 13.4. The van der Waals surface area contributed by atoms with E-state index >= 15 is 0 Å². The molecule has 2 aromatic rings. The summed E-state index contributed by atoms with van der Waals surface area (Å²) in [5, 5.41) is 3.50. The van der Waals surface area contributed by atoms with Gasteiger partial charge in [-0.1, -0.05) is 22.0 Å². The van der Waals surface area contributed by atoms with Crippen LogP contribution in [0.4, 0.5) is 0 Å². The van der Waals surface area contributed by atoms with Crippen LogP contribution in [0.1, 0.15) is 29.8 Å². The first-order valence-electron chi connectivity index (χ1n) is 6.96. The molecule has 20 heavy (non-hydrogen) atoms. The van der Waals surface area contributed by atoms with Gasteiger partial charge in [0, 0.05) is 28.3 Å². The maximum atomic E-state index is 4.69. The zero-order chi connectivity index (χ0) is 14.1. The van der Waals surface area contributed by atoms with E-state index in [-0.39, 0.29) is 0 Å². The SMILES string of the molecule is Cc1ccc(-c2nc(C)cc(CNC3CC3)n2)c(Br)c1. The van der Waals surface area contributed by atoms with E-state index in [4.69, 9.17) is 4.98 Å². The Hall–Kier alpha value is -1.26. The molecular weight excluding hydrogens is 314 g/mol. The minimum absolute atomic E-state index is 0.694. The monoisotopic (exact) mass is 331 g/mol. The third-order valence-electron chi connectivity index (χ3n) is 3.42. The Morgan fingerprint density at radius 3 is 2.70 bits per heavy atom. The van der Waals surface area contributed by atoms with Crippen LogP contribution in [0.15, 0.2) is 28.7 Å². The Morgan fingerprint density at radius 2 is 2.00 bits per heavy atom. The molecule has 3 rings (SSSR count). The van der Waals surface area contributed by atoms with Crippen molar-refractivity contribution in [1.29, 1.82) is 0 Å². The molecule has 3 nitrogen and oxygen atoms in total. The van der Waals surface area contributed by atoms with Gasteiger partial charge in [0.15, 0.2) is 5.82 Å². The van der Waals surface area contributed by atoms with Crippen LogP contribution in [0.3, 0.4) is 0 Å². The molecular formula is C16H18BrN3. The van der Waals surface area contributed by atoms with Crippen molar-refractivity contribution in [2.45, 2.75) is 39.3 Å². The van der Waals surface area contributed by atoms with Crippen LogP contribution in [0, 0.1) is 13.8 Å². The van der Waals surface area contributed by atoms with E-state index in [2.05, 4.69) is 57.4 Å². The van der Waals surface area contributed by atoms with Crippen LogP contribution in [0.2, 0.25) is 0 Å². The van der Waals surface area contributed by atoms with Gasteiger partial charge in [-0.05, 0) is 50.5 Å². The molecule has 4 heteroatoms. The van der Waals surface area contributed by atoms with Crippen molar-refractivity contribution >= 4 is 15.9 Å². The van der Waals surface area contributed by atoms with Crippen molar-refractivity contribution in [3.05, 3.63) is 45.7 Å². The second-order valence-corrected chi connectivity index (χ2v) is 6.32. The van der Waals surface area contributed by atoms with Crippen molar-refractivity contribution in [2.24, 2.45) is 0 Å².